The molecule has 1 aliphatic carbocycles. The molecule has 1 aromatic heterocycles. The van der Waals surface area contributed by atoms with Crippen LogP contribution in [0.25, 0.3) is 0 Å². The van der Waals surface area contributed by atoms with Gasteiger partial charge in [-0.15, -0.1) is 0 Å². The quantitative estimate of drug-likeness (QED) is 0.788. The van der Waals surface area contributed by atoms with Crippen molar-refractivity contribution in [2.45, 2.75) is 63.5 Å². The van der Waals surface area contributed by atoms with E-state index >= 15 is 0 Å². The maximum atomic E-state index is 10.6. The topological polar surface area (TPSA) is 45.4 Å². The fraction of sp³-hybridized carbons (Fsp3) is 0.733. The standard InChI is InChI=1S/C15H25NO2/c1-2-13(14-8-7-11-18-14)16-12-15(17)9-5-3-4-6-10-15/h7-8,11,13,16-17H,2-6,9-10,12H2,1H3. The third-order valence-corrected chi connectivity index (χ3v) is 4.01. The second-order valence-electron chi connectivity index (χ2n) is 5.50. The lowest BCUT2D eigenvalue weighted by Gasteiger charge is -2.29. The van der Waals surface area contributed by atoms with Crippen molar-refractivity contribution in [2.24, 2.45) is 0 Å². The second-order valence-corrected chi connectivity index (χ2v) is 5.50. The summed E-state index contributed by atoms with van der Waals surface area (Å²) in [6.07, 6.45) is 9.35. The van der Waals surface area contributed by atoms with Gasteiger partial charge in [-0.3, -0.25) is 0 Å². The Labute approximate surface area is 110 Å². The third kappa shape index (κ3) is 3.59. The molecule has 3 nitrogen and oxygen atoms in total. The minimum atomic E-state index is -0.517. The van der Waals surface area contributed by atoms with E-state index < -0.39 is 5.60 Å². The molecule has 0 saturated heterocycles. The lowest BCUT2D eigenvalue weighted by atomic mass is 9.94. The number of hydrogen-bond donors (Lipinski definition) is 2. The summed E-state index contributed by atoms with van der Waals surface area (Å²) in [4.78, 5) is 0. The van der Waals surface area contributed by atoms with Gasteiger partial charge in [0.15, 0.2) is 0 Å². The first-order chi connectivity index (χ1) is 8.73. The highest BCUT2D eigenvalue weighted by molar-refractivity contribution is 5.04. The second kappa shape index (κ2) is 6.39. The predicted molar refractivity (Wildman–Crippen MR) is 72.4 cm³/mol. The van der Waals surface area contributed by atoms with E-state index in [1.165, 1.54) is 12.8 Å². The van der Waals surface area contributed by atoms with Crippen molar-refractivity contribution in [1.82, 2.24) is 5.32 Å². The molecule has 102 valence electrons. The van der Waals surface area contributed by atoms with Gasteiger partial charge in [0.05, 0.1) is 17.9 Å². The number of hydrogen-bond acceptors (Lipinski definition) is 3. The van der Waals surface area contributed by atoms with Gasteiger partial charge in [0.25, 0.3) is 0 Å². The molecule has 1 unspecified atom stereocenters. The van der Waals surface area contributed by atoms with Crippen molar-refractivity contribution < 1.29 is 9.52 Å². The van der Waals surface area contributed by atoms with E-state index in [9.17, 15) is 5.11 Å². The van der Waals surface area contributed by atoms with Crippen molar-refractivity contribution in [3.8, 4) is 0 Å². The molecular weight excluding hydrogens is 226 g/mol. The van der Waals surface area contributed by atoms with Gasteiger partial charge >= 0.3 is 0 Å². The minimum absolute atomic E-state index is 0.215. The van der Waals surface area contributed by atoms with Crippen LogP contribution in [-0.4, -0.2) is 17.3 Å². The number of rotatable bonds is 5. The van der Waals surface area contributed by atoms with E-state index in [0.29, 0.717) is 6.54 Å². The van der Waals surface area contributed by atoms with Gasteiger partial charge in [-0.1, -0.05) is 32.6 Å². The van der Waals surface area contributed by atoms with E-state index in [0.717, 1.165) is 37.9 Å². The number of furan rings is 1. The lowest BCUT2D eigenvalue weighted by molar-refractivity contribution is 0.0219. The van der Waals surface area contributed by atoms with Crippen LogP contribution in [0.2, 0.25) is 0 Å². The SMILES string of the molecule is CCC(NCC1(O)CCCCCC1)c1ccco1. The van der Waals surface area contributed by atoms with Gasteiger partial charge in [0.2, 0.25) is 0 Å². The molecule has 2 N–H and O–H groups in total. The van der Waals surface area contributed by atoms with Crippen LogP contribution in [0.4, 0.5) is 0 Å². The number of aliphatic hydroxyl groups is 1. The molecule has 18 heavy (non-hydrogen) atoms. The summed E-state index contributed by atoms with van der Waals surface area (Å²) in [6, 6.07) is 4.13. The molecule has 0 amide bonds. The van der Waals surface area contributed by atoms with Gasteiger partial charge in [-0.05, 0) is 31.4 Å². The van der Waals surface area contributed by atoms with Crippen molar-refractivity contribution in [1.29, 1.82) is 0 Å². The van der Waals surface area contributed by atoms with Crippen LogP contribution in [0.3, 0.4) is 0 Å². The van der Waals surface area contributed by atoms with Crippen molar-refractivity contribution in [2.75, 3.05) is 6.54 Å². The highest BCUT2D eigenvalue weighted by atomic mass is 16.3. The highest BCUT2D eigenvalue weighted by Gasteiger charge is 2.28. The fourth-order valence-electron chi connectivity index (χ4n) is 2.81. The zero-order valence-corrected chi connectivity index (χ0v) is 11.3. The maximum Gasteiger partial charge on any atom is 0.120 e. The van der Waals surface area contributed by atoms with Crippen LogP contribution in [0, 0.1) is 0 Å². The lowest BCUT2D eigenvalue weighted by Crippen LogP contribution is -2.41. The first-order valence-electron chi connectivity index (χ1n) is 7.23. The molecule has 1 aliphatic rings. The van der Waals surface area contributed by atoms with Crippen LogP contribution in [0.5, 0.6) is 0 Å². The van der Waals surface area contributed by atoms with Crippen LogP contribution >= 0.6 is 0 Å². The Balaban J connectivity index is 1.88. The molecule has 1 heterocycles. The predicted octanol–water partition coefficient (Wildman–Crippen LogP) is 3.41. The van der Waals surface area contributed by atoms with Gasteiger partial charge < -0.3 is 14.8 Å². The molecule has 0 bridgehead atoms. The summed E-state index contributed by atoms with van der Waals surface area (Å²) >= 11 is 0. The summed E-state index contributed by atoms with van der Waals surface area (Å²) < 4.78 is 5.44. The molecule has 2 rings (SSSR count). The summed E-state index contributed by atoms with van der Waals surface area (Å²) in [5, 5.41) is 14.1. The first kappa shape index (κ1) is 13.6. The Morgan fingerprint density at radius 2 is 2.06 bits per heavy atom. The van der Waals surface area contributed by atoms with Crippen LogP contribution in [-0.2, 0) is 0 Å². The van der Waals surface area contributed by atoms with Gasteiger partial charge in [0.1, 0.15) is 5.76 Å². The Morgan fingerprint density at radius 3 is 2.61 bits per heavy atom. The Hall–Kier alpha value is -0.800. The van der Waals surface area contributed by atoms with Crippen LogP contribution in [0.1, 0.15) is 63.7 Å². The van der Waals surface area contributed by atoms with Crippen molar-refractivity contribution >= 4 is 0 Å². The largest absolute Gasteiger partial charge is 0.468 e. The summed E-state index contributed by atoms with van der Waals surface area (Å²) in [5.41, 5.74) is -0.517. The van der Waals surface area contributed by atoms with E-state index in [2.05, 4.69) is 12.2 Å². The molecule has 0 aliphatic heterocycles. The van der Waals surface area contributed by atoms with Crippen molar-refractivity contribution in [3.05, 3.63) is 24.2 Å². The average molecular weight is 251 g/mol. The smallest absolute Gasteiger partial charge is 0.120 e. The third-order valence-electron chi connectivity index (χ3n) is 4.01. The summed E-state index contributed by atoms with van der Waals surface area (Å²) in [7, 11) is 0. The van der Waals surface area contributed by atoms with Gasteiger partial charge in [-0.2, -0.15) is 0 Å². The van der Waals surface area contributed by atoms with Gasteiger partial charge in [0, 0.05) is 6.54 Å². The Morgan fingerprint density at radius 1 is 1.33 bits per heavy atom. The monoisotopic (exact) mass is 251 g/mol. The van der Waals surface area contributed by atoms with E-state index in [-0.39, 0.29) is 6.04 Å². The summed E-state index contributed by atoms with van der Waals surface area (Å²) in [6.45, 7) is 2.81. The average Bonchev–Trinajstić information content (AvgIpc) is 2.80. The zero-order chi connectivity index (χ0) is 12.8. The van der Waals surface area contributed by atoms with E-state index in [4.69, 9.17) is 4.42 Å². The highest BCUT2D eigenvalue weighted by Crippen LogP contribution is 2.27. The van der Waals surface area contributed by atoms with E-state index in [1.807, 2.05) is 12.1 Å². The fourth-order valence-corrected chi connectivity index (χ4v) is 2.81. The molecule has 1 saturated carbocycles. The molecule has 3 heteroatoms. The van der Waals surface area contributed by atoms with Crippen molar-refractivity contribution in [3.63, 3.8) is 0 Å². The minimum Gasteiger partial charge on any atom is -0.468 e. The molecule has 1 aromatic rings. The van der Waals surface area contributed by atoms with E-state index in [1.54, 1.807) is 6.26 Å². The normalized spacial score (nSPS) is 21.4. The van der Waals surface area contributed by atoms with Crippen LogP contribution < -0.4 is 5.32 Å². The molecule has 0 aromatic carbocycles. The zero-order valence-electron chi connectivity index (χ0n) is 11.3. The Bertz CT molecular complexity index is 326. The molecule has 0 radical (unpaired) electrons. The number of nitrogens with one attached hydrogen (secondary N) is 1. The molecule has 1 fully saturated rings. The summed E-state index contributed by atoms with van der Waals surface area (Å²) in [5.74, 6) is 0.967. The molecule has 0 spiro atoms. The Kier molecular flexibility index (Phi) is 4.84. The van der Waals surface area contributed by atoms with Crippen LogP contribution in [0.15, 0.2) is 22.8 Å². The molecular formula is C15H25NO2. The first-order valence-corrected chi connectivity index (χ1v) is 7.23. The molecule has 1 atom stereocenters. The maximum absolute atomic E-state index is 10.6. The van der Waals surface area contributed by atoms with Gasteiger partial charge in [-0.25, -0.2) is 0 Å².